The Balaban J connectivity index is 1.82. The van der Waals surface area contributed by atoms with E-state index in [1.165, 1.54) is 0 Å². The molecule has 9 heteroatoms. The van der Waals surface area contributed by atoms with Crippen LogP contribution in [0, 0.1) is 0 Å². The Morgan fingerprint density at radius 3 is 2.90 bits per heavy atom. The van der Waals surface area contributed by atoms with Crippen LogP contribution in [0.3, 0.4) is 0 Å². The van der Waals surface area contributed by atoms with E-state index in [1.807, 2.05) is 0 Å². The molecule has 0 radical (unpaired) electrons. The van der Waals surface area contributed by atoms with Crippen LogP contribution in [-0.2, 0) is 4.74 Å². The number of hydrogen-bond donors (Lipinski definition) is 3. The van der Waals surface area contributed by atoms with Crippen LogP contribution in [-0.4, -0.2) is 43.5 Å². The Kier molecular flexibility index (Phi) is 3.93. The summed E-state index contributed by atoms with van der Waals surface area (Å²) >= 11 is 0. The number of nitrogens with one attached hydrogen (secondary N) is 2. The zero-order valence-electron chi connectivity index (χ0n) is 11.7. The first-order chi connectivity index (χ1) is 10.2. The monoisotopic (exact) mass is 290 g/mol. The van der Waals surface area contributed by atoms with Crippen LogP contribution in [0.15, 0.2) is 18.5 Å². The highest BCUT2D eigenvalue weighted by Gasteiger charge is 2.20. The summed E-state index contributed by atoms with van der Waals surface area (Å²) in [6.45, 7) is 2.79. The maximum absolute atomic E-state index is 5.53. The van der Waals surface area contributed by atoms with Gasteiger partial charge in [0.1, 0.15) is 0 Å². The van der Waals surface area contributed by atoms with Gasteiger partial charge in [0, 0.05) is 25.0 Å². The van der Waals surface area contributed by atoms with Crippen LogP contribution < -0.4 is 16.6 Å². The van der Waals surface area contributed by atoms with Gasteiger partial charge in [0.25, 0.3) is 5.95 Å². The van der Waals surface area contributed by atoms with Gasteiger partial charge >= 0.3 is 0 Å². The third-order valence-corrected chi connectivity index (χ3v) is 3.28. The number of ether oxygens (including phenoxy) is 1. The van der Waals surface area contributed by atoms with Crippen LogP contribution in [0.1, 0.15) is 19.8 Å². The Hall–Kier alpha value is -2.26. The maximum atomic E-state index is 5.53. The zero-order chi connectivity index (χ0) is 14.7. The summed E-state index contributed by atoms with van der Waals surface area (Å²) in [6.07, 6.45) is 5.48. The van der Waals surface area contributed by atoms with Crippen molar-refractivity contribution in [1.29, 1.82) is 0 Å². The summed E-state index contributed by atoms with van der Waals surface area (Å²) in [5, 5.41) is 7.42. The highest BCUT2D eigenvalue weighted by atomic mass is 16.5. The summed E-state index contributed by atoms with van der Waals surface area (Å²) in [5.74, 6) is 6.59. The molecule has 0 spiro atoms. The molecule has 0 bridgehead atoms. The van der Waals surface area contributed by atoms with Crippen molar-refractivity contribution < 1.29 is 4.74 Å². The molecule has 2 unspecified atom stereocenters. The molecule has 1 aliphatic rings. The first-order valence-corrected chi connectivity index (χ1v) is 6.85. The maximum Gasteiger partial charge on any atom is 0.257 e. The summed E-state index contributed by atoms with van der Waals surface area (Å²) in [6, 6.07) is 2.07. The lowest BCUT2D eigenvalue weighted by Crippen LogP contribution is -2.33. The van der Waals surface area contributed by atoms with Crippen molar-refractivity contribution in [2.75, 3.05) is 17.3 Å². The predicted molar refractivity (Wildman–Crippen MR) is 76.8 cm³/mol. The van der Waals surface area contributed by atoms with Crippen LogP contribution in [0.25, 0.3) is 5.95 Å². The van der Waals surface area contributed by atoms with Crippen LogP contribution >= 0.6 is 0 Å². The van der Waals surface area contributed by atoms with Crippen LogP contribution in [0.4, 0.5) is 11.9 Å². The molecule has 1 saturated heterocycles. The van der Waals surface area contributed by atoms with E-state index >= 15 is 0 Å². The summed E-state index contributed by atoms with van der Waals surface area (Å²) < 4.78 is 7.09. The number of nitrogens with zero attached hydrogens (tertiary/aromatic N) is 5. The van der Waals surface area contributed by atoms with Crippen LogP contribution in [0.5, 0.6) is 0 Å². The minimum atomic E-state index is 0.232. The molecule has 0 saturated carbocycles. The summed E-state index contributed by atoms with van der Waals surface area (Å²) in [4.78, 5) is 12.8. The van der Waals surface area contributed by atoms with Crippen molar-refractivity contribution in [3.8, 4) is 5.95 Å². The minimum absolute atomic E-state index is 0.232. The fourth-order valence-corrected chi connectivity index (χ4v) is 2.30. The number of aromatic nitrogens is 5. The first kappa shape index (κ1) is 13.7. The Bertz CT molecular complexity index is 587. The fourth-order valence-electron chi connectivity index (χ4n) is 2.30. The van der Waals surface area contributed by atoms with Gasteiger partial charge in [-0.3, -0.25) is 5.43 Å². The number of hydrogen-bond acceptors (Lipinski definition) is 8. The van der Waals surface area contributed by atoms with Crippen LogP contribution in [0.2, 0.25) is 0 Å². The molecule has 3 rings (SSSR count). The van der Waals surface area contributed by atoms with Crippen molar-refractivity contribution in [1.82, 2.24) is 24.7 Å². The topological polar surface area (TPSA) is 116 Å². The number of hydrazine groups is 1. The first-order valence-electron chi connectivity index (χ1n) is 6.85. The predicted octanol–water partition coefficient (Wildman–Crippen LogP) is 0.322. The van der Waals surface area contributed by atoms with Gasteiger partial charge in [-0.25, -0.2) is 10.5 Å². The molecule has 2 aromatic rings. The Labute approximate surface area is 121 Å². The highest BCUT2D eigenvalue weighted by molar-refractivity contribution is 5.37. The van der Waals surface area contributed by atoms with Gasteiger partial charge < -0.3 is 10.1 Å². The minimum Gasteiger partial charge on any atom is -0.378 e. The molecule has 2 aromatic heterocycles. The fraction of sp³-hybridized carbons (Fsp3) is 0.500. The van der Waals surface area contributed by atoms with Crippen molar-refractivity contribution in [3.63, 3.8) is 0 Å². The zero-order valence-corrected chi connectivity index (χ0v) is 11.7. The quantitative estimate of drug-likeness (QED) is 0.544. The van der Waals surface area contributed by atoms with Gasteiger partial charge in [0.05, 0.1) is 6.10 Å². The van der Waals surface area contributed by atoms with E-state index in [1.54, 1.807) is 23.1 Å². The lowest BCUT2D eigenvalue weighted by atomic mass is 10.0. The van der Waals surface area contributed by atoms with Gasteiger partial charge in [0.15, 0.2) is 0 Å². The molecule has 9 nitrogen and oxygen atoms in total. The second kappa shape index (κ2) is 6.02. The second-order valence-electron chi connectivity index (χ2n) is 4.92. The molecule has 1 fully saturated rings. The lowest BCUT2D eigenvalue weighted by molar-refractivity contribution is 0.0231. The number of nitrogen functional groups attached to an aromatic ring is 1. The van der Waals surface area contributed by atoms with E-state index in [0.29, 0.717) is 11.9 Å². The van der Waals surface area contributed by atoms with Crippen molar-refractivity contribution in [2.24, 2.45) is 5.84 Å². The molecule has 3 heterocycles. The molecule has 21 heavy (non-hydrogen) atoms. The molecular formula is C12H18N8O. The average molecular weight is 290 g/mol. The van der Waals surface area contributed by atoms with E-state index in [2.05, 4.69) is 37.7 Å². The normalized spacial score (nSPS) is 22.0. The molecule has 0 aliphatic carbocycles. The largest absolute Gasteiger partial charge is 0.378 e. The Morgan fingerprint density at radius 2 is 2.19 bits per heavy atom. The van der Waals surface area contributed by atoms with Gasteiger partial charge in [-0.05, 0) is 25.8 Å². The van der Waals surface area contributed by atoms with Gasteiger partial charge in [0.2, 0.25) is 11.9 Å². The van der Waals surface area contributed by atoms with E-state index in [-0.39, 0.29) is 18.1 Å². The molecule has 112 valence electrons. The van der Waals surface area contributed by atoms with E-state index < -0.39 is 0 Å². The van der Waals surface area contributed by atoms with Gasteiger partial charge in [-0.15, -0.1) is 0 Å². The second-order valence-corrected chi connectivity index (χ2v) is 4.92. The van der Waals surface area contributed by atoms with Gasteiger partial charge in [-0.1, -0.05) is 0 Å². The molecular weight excluding hydrogens is 272 g/mol. The third-order valence-electron chi connectivity index (χ3n) is 3.28. The molecule has 0 amide bonds. The SMILES string of the molecule is CC1CC(Nc2nc(NN)nc(-n3cccn3)n2)CCO1. The number of rotatable bonds is 4. The van der Waals surface area contributed by atoms with E-state index in [4.69, 9.17) is 10.6 Å². The summed E-state index contributed by atoms with van der Waals surface area (Å²) in [7, 11) is 0. The van der Waals surface area contributed by atoms with Gasteiger partial charge in [-0.2, -0.15) is 20.1 Å². The number of anilines is 2. The molecule has 1 aliphatic heterocycles. The third kappa shape index (κ3) is 3.26. The van der Waals surface area contributed by atoms with Crippen molar-refractivity contribution in [2.45, 2.75) is 31.9 Å². The van der Waals surface area contributed by atoms with Crippen molar-refractivity contribution in [3.05, 3.63) is 18.5 Å². The number of nitrogens with two attached hydrogens (primary N) is 1. The average Bonchev–Trinajstić information content (AvgIpc) is 3.01. The van der Waals surface area contributed by atoms with E-state index in [9.17, 15) is 0 Å². The Morgan fingerprint density at radius 1 is 1.33 bits per heavy atom. The van der Waals surface area contributed by atoms with Crippen molar-refractivity contribution >= 4 is 11.9 Å². The standard InChI is InChI=1S/C12H18N8O/c1-8-7-9(3-6-21-8)15-10-16-11(19-13)18-12(17-10)20-5-2-4-14-20/h2,4-5,8-9H,3,6-7,13H2,1H3,(H2,15,16,17,18,19). The molecule has 2 atom stereocenters. The molecule has 0 aromatic carbocycles. The summed E-state index contributed by atoms with van der Waals surface area (Å²) in [5.41, 5.74) is 2.45. The molecule has 4 N–H and O–H groups in total. The highest BCUT2D eigenvalue weighted by Crippen LogP contribution is 2.17. The van der Waals surface area contributed by atoms with E-state index in [0.717, 1.165) is 19.4 Å². The lowest BCUT2D eigenvalue weighted by Gasteiger charge is -2.27. The smallest absolute Gasteiger partial charge is 0.257 e.